The number of methoxy groups -OCH3 is 1. The predicted molar refractivity (Wildman–Crippen MR) is 119 cm³/mol. The first kappa shape index (κ1) is 21.1. The second kappa shape index (κ2) is 8.52. The van der Waals surface area contributed by atoms with Gasteiger partial charge in [-0.15, -0.1) is 0 Å². The van der Waals surface area contributed by atoms with Crippen LogP contribution in [-0.4, -0.2) is 38.6 Å². The lowest BCUT2D eigenvalue weighted by atomic mass is 9.99. The molecule has 1 aliphatic rings. The molecule has 160 valence electrons. The average Bonchev–Trinajstić information content (AvgIpc) is 2.79. The predicted octanol–water partition coefficient (Wildman–Crippen LogP) is 3.91. The summed E-state index contributed by atoms with van der Waals surface area (Å²) >= 11 is 0. The van der Waals surface area contributed by atoms with Crippen molar-refractivity contribution in [3.8, 4) is 11.8 Å². The summed E-state index contributed by atoms with van der Waals surface area (Å²) in [6.45, 7) is 3.71. The maximum absolute atomic E-state index is 13.4. The Morgan fingerprint density at radius 2 is 1.68 bits per heavy atom. The van der Waals surface area contributed by atoms with Crippen LogP contribution < -0.4 is 9.64 Å². The first-order valence-electron chi connectivity index (χ1n) is 10.2. The van der Waals surface area contributed by atoms with Gasteiger partial charge in [-0.1, -0.05) is 19.1 Å². The number of nitriles is 1. The molecule has 3 aromatic rings. The highest BCUT2D eigenvalue weighted by Crippen LogP contribution is 2.35. The van der Waals surface area contributed by atoms with Gasteiger partial charge in [-0.25, -0.2) is 18.4 Å². The summed E-state index contributed by atoms with van der Waals surface area (Å²) in [5, 5.41) is 8.51. The van der Waals surface area contributed by atoms with Crippen molar-refractivity contribution >= 4 is 26.7 Å². The second-order valence-corrected chi connectivity index (χ2v) is 9.85. The van der Waals surface area contributed by atoms with Crippen LogP contribution >= 0.6 is 0 Å². The lowest BCUT2D eigenvalue weighted by molar-refractivity contribution is 0.414. The van der Waals surface area contributed by atoms with E-state index in [0.717, 1.165) is 25.9 Å². The number of sulfone groups is 1. The molecular weight excluding hydrogens is 412 g/mol. The Hall–Kier alpha value is -3.18. The molecule has 0 N–H and O–H groups in total. The SMILES string of the molecule is COc1ccc(S(=O)(=O)C(C#N)c2nc3ccccc3nc2N2CCC(C)CC2)cc1. The molecule has 0 bridgehead atoms. The fraction of sp³-hybridized carbons (Fsp3) is 0.348. The maximum atomic E-state index is 13.4. The Balaban J connectivity index is 1.85. The van der Waals surface area contributed by atoms with Crippen molar-refractivity contribution in [2.24, 2.45) is 5.92 Å². The molecule has 1 aromatic heterocycles. The summed E-state index contributed by atoms with van der Waals surface area (Å²) < 4.78 is 32.0. The minimum atomic E-state index is -4.02. The largest absolute Gasteiger partial charge is 0.497 e. The number of piperidine rings is 1. The number of aromatic nitrogens is 2. The fourth-order valence-corrected chi connectivity index (χ4v) is 5.19. The van der Waals surface area contributed by atoms with E-state index in [1.54, 1.807) is 18.2 Å². The van der Waals surface area contributed by atoms with Crippen LogP contribution in [0.2, 0.25) is 0 Å². The number of rotatable bonds is 5. The van der Waals surface area contributed by atoms with Gasteiger partial charge in [0.15, 0.2) is 11.1 Å². The van der Waals surface area contributed by atoms with Crippen molar-refractivity contribution in [1.29, 1.82) is 5.26 Å². The zero-order valence-corrected chi connectivity index (χ0v) is 18.3. The topological polar surface area (TPSA) is 96.2 Å². The summed E-state index contributed by atoms with van der Waals surface area (Å²) in [5.74, 6) is 1.62. The smallest absolute Gasteiger partial charge is 0.200 e. The van der Waals surface area contributed by atoms with Crippen molar-refractivity contribution in [3.05, 3.63) is 54.2 Å². The monoisotopic (exact) mass is 436 g/mol. The zero-order valence-electron chi connectivity index (χ0n) is 17.5. The first-order chi connectivity index (χ1) is 14.9. The lowest BCUT2D eigenvalue weighted by Gasteiger charge is -2.32. The van der Waals surface area contributed by atoms with Gasteiger partial charge in [-0.05, 0) is 55.2 Å². The Kier molecular flexibility index (Phi) is 5.79. The molecule has 0 saturated carbocycles. The molecule has 1 saturated heterocycles. The highest BCUT2D eigenvalue weighted by molar-refractivity contribution is 7.92. The van der Waals surface area contributed by atoms with Crippen LogP contribution in [0.3, 0.4) is 0 Å². The van der Waals surface area contributed by atoms with Gasteiger partial charge < -0.3 is 9.64 Å². The molecule has 31 heavy (non-hydrogen) atoms. The first-order valence-corrected chi connectivity index (χ1v) is 11.8. The fourth-order valence-electron chi connectivity index (χ4n) is 3.81. The van der Waals surface area contributed by atoms with E-state index in [0.29, 0.717) is 28.5 Å². The number of anilines is 1. The maximum Gasteiger partial charge on any atom is 0.200 e. The van der Waals surface area contributed by atoms with Crippen molar-refractivity contribution in [2.45, 2.75) is 29.9 Å². The van der Waals surface area contributed by atoms with Crippen LogP contribution in [0.15, 0.2) is 53.4 Å². The highest BCUT2D eigenvalue weighted by Gasteiger charge is 2.35. The molecule has 2 aromatic carbocycles. The second-order valence-electron chi connectivity index (χ2n) is 7.82. The van der Waals surface area contributed by atoms with Gasteiger partial charge in [0.05, 0.1) is 29.1 Å². The number of fused-ring (bicyclic) bond motifs is 1. The summed E-state index contributed by atoms with van der Waals surface area (Å²) in [7, 11) is -2.50. The van der Waals surface area contributed by atoms with Gasteiger partial charge >= 0.3 is 0 Å². The third-order valence-corrected chi connectivity index (χ3v) is 7.60. The Morgan fingerprint density at radius 1 is 1.06 bits per heavy atom. The summed E-state index contributed by atoms with van der Waals surface area (Å²) in [6, 6.07) is 15.4. The molecule has 8 heteroatoms. The van der Waals surface area contributed by atoms with E-state index < -0.39 is 15.1 Å². The van der Waals surface area contributed by atoms with E-state index in [9.17, 15) is 13.7 Å². The number of para-hydroxylation sites is 2. The summed E-state index contributed by atoms with van der Waals surface area (Å²) in [5.41, 5.74) is 1.43. The average molecular weight is 437 g/mol. The summed E-state index contributed by atoms with van der Waals surface area (Å²) in [6.07, 6.45) is 1.97. The number of benzene rings is 2. The van der Waals surface area contributed by atoms with Crippen LogP contribution in [0.5, 0.6) is 5.75 Å². The summed E-state index contributed by atoms with van der Waals surface area (Å²) in [4.78, 5) is 11.5. The molecule has 0 spiro atoms. The standard InChI is InChI=1S/C23H24N4O3S/c1-16-11-13-27(14-12-16)23-22(25-19-5-3-4-6-20(19)26-23)21(15-24)31(28,29)18-9-7-17(30-2)8-10-18/h3-10,16,21H,11-14H2,1-2H3. The molecular formula is C23H24N4O3S. The van der Waals surface area contributed by atoms with Crippen molar-refractivity contribution in [1.82, 2.24) is 9.97 Å². The quantitative estimate of drug-likeness (QED) is 0.598. The Morgan fingerprint density at radius 3 is 2.26 bits per heavy atom. The van der Waals surface area contributed by atoms with Crippen LogP contribution in [0.4, 0.5) is 5.82 Å². The van der Waals surface area contributed by atoms with Gasteiger partial charge in [0.25, 0.3) is 0 Å². The molecule has 2 heterocycles. The van der Waals surface area contributed by atoms with E-state index in [4.69, 9.17) is 9.72 Å². The zero-order chi connectivity index (χ0) is 22.0. The number of hydrogen-bond acceptors (Lipinski definition) is 7. The van der Waals surface area contributed by atoms with Gasteiger partial charge in [0.1, 0.15) is 11.4 Å². The number of ether oxygens (including phenoxy) is 1. The van der Waals surface area contributed by atoms with Gasteiger partial charge in [0.2, 0.25) is 9.84 Å². The molecule has 4 rings (SSSR count). The van der Waals surface area contributed by atoms with Crippen molar-refractivity contribution in [3.63, 3.8) is 0 Å². The van der Waals surface area contributed by atoms with E-state index in [1.807, 2.05) is 24.3 Å². The van der Waals surface area contributed by atoms with Crippen molar-refractivity contribution in [2.75, 3.05) is 25.1 Å². The van der Waals surface area contributed by atoms with Crippen LogP contribution in [0.1, 0.15) is 30.7 Å². The van der Waals surface area contributed by atoms with Crippen LogP contribution in [0.25, 0.3) is 11.0 Å². The van der Waals surface area contributed by atoms with Crippen molar-refractivity contribution < 1.29 is 13.2 Å². The van der Waals surface area contributed by atoms with Crippen LogP contribution in [0, 0.1) is 17.2 Å². The van der Waals surface area contributed by atoms with E-state index >= 15 is 0 Å². The Labute approximate surface area is 182 Å². The Bertz CT molecular complexity index is 1230. The number of nitrogens with zero attached hydrogens (tertiary/aromatic N) is 4. The third-order valence-electron chi connectivity index (χ3n) is 5.73. The molecule has 1 fully saturated rings. The molecule has 1 aliphatic heterocycles. The highest BCUT2D eigenvalue weighted by atomic mass is 32.2. The van der Waals surface area contributed by atoms with Crippen LogP contribution in [-0.2, 0) is 9.84 Å². The molecule has 0 radical (unpaired) electrons. The van der Waals surface area contributed by atoms with E-state index in [1.165, 1.54) is 19.2 Å². The van der Waals surface area contributed by atoms with Gasteiger partial charge in [-0.3, -0.25) is 0 Å². The van der Waals surface area contributed by atoms with E-state index in [2.05, 4.69) is 16.8 Å². The normalized spacial score (nSPS) is 16.1. The van der Waals surface area contributed by atoms with Gasteiger partial charge in [-0.2, -0.15) is 5.26 Å². The molecule has 7 nitrogen and oxygen atoms in total. The molecule has 0 aliphatic carbocycles. The van der Waals surface area contributed by atoms with E-state index in [-0.39, 0.29) is 10.6 Å². The third kappa shape index (κ3) is 4.06. The lowest BCUT2D eigenvalue weighted by Crippen LogP contribution is -2.35. The van der Waals surface area contributed by atoms with Gasteiger partial charge in [0, 0.05) is 13.1 Å². The minimum absolute atomic E-state index is 0.0491. The molecule has 0 amide bonds. The minimum Gasteiger partial charge on any atom is -0.497 e. The molecule has 1 atom stereocenters. The number of hydrogen-bond donors (Lipinski definition) is 0. The molecule has 1 unspecified atom stereocenters.